The lowest BCUT2D eigenvalue weighted by Crippen LogP contribution is -2.14. The molecule has 0 aliphatic carbocycles. The number of carbonyl (C=O) groups is 2. The zero-order chi connectivity index (χ0) is 18.4. The highest BCUT2D eigenvalue weighted by Crippen LogP contribution is 2.11. The number of hydrogen-bond acceptors (Lipinski definition) is 3. The zero-order valence-corrected chi connectivity index (χ0v) is 14.4. The van der Waals surface area contributed by atoms with Crippen LogP contribution in [0, 0.1) is 6.92 Å². The predicted molar refractivity (Wildman–Crippen MR) is 102 cm³/mol. The van der Waals surface area contributed by atoms with Crippen molar-refractivity contribution in [3.8, 4) is 0 Å². The van der Waals surface area contributed by atoms with Crippen molar-refractivity contribution in [1.82, 2.24) is 9.97 Å². The van der Waals surface area contributed by atoms with Gasteiger partial charge in [-0.15, -0.1) is 0 Å². The summed E-state index contributed by atoms with van der Waals surface area (Å²) in [6.45, 7) is 2.00. The average Bonchev–Trinajstić information content (AvgIpc) is 3.17. The van der Waals surface area contributed by atoms with E-state index in [0.717, 1.165) is 22.4 Å². The molecule has 0 atom stereocenters. The van der Waals surface area contributed by atoms with Crippen molar-refractivity contribution in [3.05, 3.63) is 89.5 Å². The summed E-state index contributed by atoms with van der Waals surface area (Å²) in [6, 6.07) is 15.2. The maximum atomic E-state index is 12.1. The van der Waals surface area contributed by atoms with Gasteiger partial charge in [0, 0.05) is 18.1 Å². The Bertz CT molecular complexity index is 909. The van der Waals surface area contributed by atoms with E-state index in [1.54, 1.807) is 12.3 Å². The molecule has 0 saturated carbocycles. The average molecular weight is 345 g/mol. The molecule has 1 aromatic heterocycles. The van der Waals surface area contributed by atoms with E-state index >= 15 is 0 Å². The lowest BCUT2D eigenvalue weighted by molar-refractivity contribution is -0.115. The summed E-state index contributed by atoms with van der Waals surface area (Å²) in [5.41, 5.74) is 3.73. The van der Waals surface area contributed by atoms with Gasteiger partial charge in [-0.05, 0) is 36.3 Å². The maximum Gasteiger partial charge on any atom is 0.228 e. The fraction of sp³-hybridized carbons (Fsp3) is 0.0952. The Hall–Kier alpha value is -3.47. The van der Waals surface area contributed by atoms with Crippen molar-refractivity contribution in [3.63, 3.8) is 0 Å². The molecule has 0 saturated heterocycles. The van der Waals surface area contributed by atoms with Gasteiger partial charge in [-0.25, -0.2) is 4.98 Å². The van der Waals surface area contributed by atoms with Crippen LogP contribution in [-0.4, -0.2) is 21.7 Å². The molecule has 26 heavy (non-hydrogen) atoms. The summed E-state index contributed by atoms with van der Waals surface area (Å²) in [7, 11) is 0. The molecular formula is C21H19N3O2. The molecule has 0 fully saturated rings. The van der Waals surface area contributed by atoms with Crippen molar-refractivity contribution in [2.45, 2.75) is 13.3 Å². The first-order chi connectivity index (χ1) is 12.6. The van der Waals surface area contributed by atoms with Crippen LogP contribution < -0.4 is 5.32 Å². The van der Waals surface area contributed by atoms with Crippen LogP contribution in [0.3, 0.4) is 0 Å². The number of imidazole rings is 1. The van der Waals surface area contributed by atoms with Crippen LogP contribution in [0.1, 0.15) is 27.3 Å². The molecule has 3 rings (SSSR count). The standard InChI is InChI=1S/C21H19N3O2/c1-15-2-9-18(10-3-15)24-20(26)14-17-6-4-16(5-7-17)8-11-19(25)21-22-12-13-23-21/h2-13H,14H2,1H3,(H,22,23)(H,24,26)/b11-8+. The molecule has 0 radical (unpaired) electrons. The number of ketones is 1. The molecule has 130 valence electrons. The lowest BCUT2D eigenvalue weighted by atomic mass is 10.1. The summed E-state index contributed by atoms with van der Waals surface area (Å²) in [6.07, 6.45) is 6.64. The first-order valence-corrected chi connectivity index (χ1v) is 8.27. The minimum absolute atomic E-state index is 0.0647. The van der Waals surface area contributed by atoms with Crippen LogP contribution in [0.2, 0.25) is 0 Å². The Morgan fingerprint density at radius 1 is 1.08 bits per heavy atom. The van der Waals surface area contributed by atoms with Gasteiger partial charge in [0.1, 0.15) is 0 Å². The van der Waals surface area contributed by atoms with E-state index in [1.807, 2.05) is 55.5 Å². The summed E-state index contributed by atoms with van der Waals surface area (Å²) in [5, 5.41) is 2.88. The van der Waals surface area contributed by atoms with Crippen LogP contribution in [0.4, 0.5) is 5.69 Å². The maximum absolute atomic E-state index is 12.1. The first-order valence-electron chi connectivity index (χ1n) is 8.27. The number of H-pyrrole nitrogens is 1. The number of aryl methyl sites for hydroxylation is 1. The highest BCUT2D eigenvalue weighted by Gasteiger charge is 2.05. The van der Waals surface area contributed by atoms with Gasteiger partial charge in [-0.1, -0.05) is 48.0 Å². The lowest BCUT2D eigenvalue weighted by Gasteiger charge is -2.06. The third-order valence-corrected chi connectivity index (χ3v) is 3.84. The molecule has 3 aromatic rings. The number of anilines is 1. The van der Waals surface area contributed by atoms with Gasteiger partial charge in [0.05, 0.1) is 6.42 Å². The second kappa shape index (κ2) is 8.07. The van der Waals surface area contributed by atoms with Crippen molar-refractivity contribution >= 4 is 23.5 Å². The van der Waals surface area contributed by atoms with Crippen molar-refractivity contribution < 1.29 is 9.59 Å². The third kappa shape index (κ3) is 4.77. The van der Waals surface area contributed by atoms with Crippen LogP contribution >= 0.6 is 0 Å². The SMILES string of the molecule is Cc1ccc(NC(=O)Cc2ccc(/C=C/C(=O)c3ncc[nH]3)cc2)cc1. The van der Waals surface area contributed by atoms with E-state index in [1.165, 1.54) is 12.3 Å². The Morgan fingerprint density at radius 3 is 2.46 bits per heavy atom. The number of rotatable bonds is 6. The molecule has 1 amide bonds. The molecule has 0 aliphatic rings. The Morgan fingerprint density at radius 2 is 1.81 bits per heavy atom. The van der Waals surface area contributed by atoms with Crippen LogP contribution in [-0.2, 0) is 11.2 Å². The van der Waals surface area contributed by atoms with Crippen molar-refractivity contribution in [2.24, 2.45) is 0 Å². The smallest absolute Gasteiger partial charge is 0.228 e. The second-order valence-corrected chi connectivity index (χ2v) is 5.97. The molecular weight excluding hydrogens is 326 g/mol. The van der Waals surface area contributed by atoms with Gasteiger partial charge in [0.2, 0.25) is 11.7 Å². The molecule has 0 unspecified atom stereocenters. The molecule has 2 aromatic carbocycles. The normalized spacial score (nSPS) is 10.8. The van der Waals surface area contributed by atoms with E-state index in [-0.39, 0.29) is 11.7 Å². The number of allylic oxidation sites excluding steroid dienone is 1. The number of carbonyl (C=O) groups excluding carboxylic acids is 2. The molecule has 5 heteroatoms. The van der Waals surface area contributed by atoms with Crippen LogP contribution in [0.25, 0.3) is 6.08 Å². The Balaban J connectivity index is 1.56. The number of aromatic nitrogens is 2. The third-order valence-electron chi connectivity index (χ3n) is 3.84. The van der Waals surface area contributed by atoms with E-state index in [9.17, 15) is 9.59 Å². The number of aromatic amines is 1. The monoisotopic (exact) mass is 345 g/mol. The van der Waals surface area contributed by atoms with Crippen LogP contribution in [0.5, 0.6) is 0 Å². The van der Waals surface area contributed by atoms with E-state index in [4.69, 9.17) is 0 Å². The second-order valence-electron chi connectivity index (χ2n) is 5.97. The number of nitrogens with zero attached hydrogens (tertiary/aromatic N) is 1. The molecule has 0 spiro atoms. The highest BCUT2D eigenvalue weighted by molar-refractivity contribution is 6.04. The summed E-state index contributed by atoms with van der Waals surface area (Å²) in [4.78, 5) is 30.7. The summed E-state index contributed by atoms with van der Waals surface area (Å²) in [5.74, 6) is 0.0624. The first kappa shape index (κ1) is 17.4. The quantitative estimate of drug-likeness (QED) is 0.527. The van der Waals surface area contributed by atoms with Gasteiger partial charge in [0.25, 0.3) is 0 Å². The number of nitrogens with one attached hydrogen (secondary N) is 2. The van der Waals surface area contributed by atoms with Gasteiger partial charge < -0.3 is 10.3 Å². The number of amides is 1. The fourth-order valence-electron chi connectivity index (χ4n) is 2.42. The number of benzene rings is 2. The zero-order valence-electron chi connectivity index (χ0n) is 14.4. The Labute approximate surface area is 151 Å². The fourth-order valence-corrected chi connectivity index (χ4v) is 2.42. The topological polar surface area (TPSA) is 74.8 Å². The van der Waals surface area contributed by atoms with Gasteiger partial charge >= 0.3 is 0 Å². The molecule has 1 heterocycles. The van der Waals surface area contributed by atoms with E-state index < -0.39 is 0 Å². The molecule has 0 aliphatic heterocycles. The largest absolute Gasteiger partial charge is 0.342 e. The van der Waals surface area contributed by atoms with Gasteiger partial charge in [0.15, 0.2) is 5.82 Å². The van der Waals surface area contributed by atoms with Gasteiger partial charge in [-0.3, -0.25) is 9.59 Å². The summed E-state index contributed by atoms with van der Waals surface area (Å²) < 4.78 is 0. The molecule has 0 bridgehead atoms. The highest BCUT2D eigenvalue weighted by atomic mass is 16.1. The number of hydrogen-bond donors (Lipinski definition) is 2. The molecule has 2 N–H and O–H groups in total. The van der Waals surface area contributed by atoms with Crippen molar-refractivity contribution in [2.75, 3.05) is 5.32 Å². The Kier molecular flexibility index (Phi) is 5.39. The van der Waals surface area contributed by atoms with Crippen molar-refractivity contribution in [1.29, 1.82) is 0 Å². The predicted octanol–water partition coefficient (Wildman–Crippen LogP) is 3.80. The van der Waals surface area contributed by atoms with Gasteiger partial charge in [-0.2, -0.15) is 0 Å². The van der Waals surface area contributed by atoms with Crippen LogP contribution in [0.15, 0.2) is 67.0 Å². The van der Waals surface area contributed by atoms with E-state index in [2.05, 4.69) is 15.3 Å². The summed E-state index contributed by atoms with van der Waals surface area (Å²) >= 11 is 0. The minimum atomic E-state index is -0.184. The minimum Gasteiger partial charge on any atom is -0.342 e. The van der Waals surface area contributed by atoms with E-state index in [0.29, 0.717) is 12.2 Å². The molecule has 5 nitrogen and oxygen atoms in total.